The number of fused-ring (bicyclic) bond motifs is 1. The second kappa shape index (κ2) is 4.11. The van der Waals surface area contributed by atoms with Gasteiger partial charge in [-0.1, -0.05) is 24.3 Å². The molecule has 1 atom stereocenters. The minimum Gasteiger partial charge on any atom is -0.355 e. The van der Waals surface area contributed by atoms with Crippen LogP contribution in [0.15, 0.2) is 24.3 Å². The summed E-state index contributed by atoms with van der Waals surface area (Å²) in [6, 6.07) is 8.55. The second-order valence-electron chi connectivity index (χ2n) is 3.68. The summed E-state index contributed by atoms with van der Waals surface area (Å²) in [4.78, 5) is 0. The first-order valence-electron chi connectivity index (χ1n) is 5.00. The van der Waals surface area contributed by atoms with Gasteiger partial charge >= 0.3 is 0 Å². The molecule has 1 aliphatic rings. The Kier molecular flexibility index (Phi) is 2.85. The molecule has 0 bridgehead atoms. The van der Waals surface area contributed by atoms with Crippen LogP contribution in [0.3, 0.4) is 0 Å². The van der Waals surface area contributed by atoms with Crippen molar-refractivity contribution >= 4 is 0 Å². The van der Waals surface area contributed by atoms with Gasteiger partial charge in [0.25, 0.3) is 0 Å². The molecule has 0 heterocycles. The maximum absolute atomic E-state index is 5.32. The van der Waals surface area contributed by atoms with Gasteiger partial charge in [-0.15, -0.1) is 0 Å². The van der Waals surface area contributed by atoms with Gasteiger partial charge in [0.1, 0.15) is 0 Å². The highest BCUT2D eigenvalue weighted by Crippen LogP contribution is 2.36. The van der Waals surface area contributed by atoms with Gasteiger partial charge in [0.15, 0.2) is 6.29 Å². The molecule has 76 valence electrons. The van der Waals surface area contributed by atoms with Gasteiger partial charge in [-0.05, 0) is 24.0 Å². The average Bonchev–Trinajstić information content (AvgIpc) is 2.65. The number of methoxy groups -OCH3 is 2. The minimum atomic E-state index is -0.0985. The van der Waals surface area contributed by atoms with Gasteiger partial charge in [0.2, 0.25) is 0 Å². The number of benzene rings is 1. The van der Waals surface area contributed by atoms with E-state index >= 15 is 0 Å². The summed E-state index contributed by atoms with van der Waals surface area (Å²) >= 11 is 0. The van der Waals surface area contributed by atoms with Crippen LogP contribution in [0.5, 0.6) is 0 Å². The van der Waals surface area contributed by atoms with Gasteiger partial charge in [-0.2, -0.15) is 0 Å². The number of ether oxygens (including phenoxy) is 2. The third-order valence-electron chi connectivity index (χ3n) is 2.97. The molecule has 0 spiro atoms. The molecule has 1 aromatic carbocycles. The van der Waals surface area contributed by atoms with Crippen molar-refractivity contribution in [3.8, 4) is 0 Å². The molecule has 2 nitrogen and oxygen atoms in total. The normalized spacial score (nSPS) is 20.1. The topological polar surface area (TPSA) is 18.5 Å². The van der Waals surface area contributed by atoms with E-state index < -0.39 is 0 Å². The second-order valence-corrected chi connectivity index (χ2v) is 3.68. The number of hydrogen-bond donors (Lipinski definition) is 0. The van der Waals surface area contributed by atoms with Crippen molar-refractivity contribution in [3.63, 3.8) is 0 Å². The SMILES string of the molecule is COC(OC)C1CCc2ccccc21. The maximum atomic E-state index is 5.32. The van der Waals surface area contributed by atoms with Crippen LogP contribution >= 0.6 is 0 Å². The van der Waals surface area contributed by atoms with E-state index in [4.69, 9.17) is 9.47 Å². The summed E-state index contributed by atoms with van der Waals surface area (Å²) in [7, 11) is 3.41. The zero-order valence-electron chi connectivity index (χ0n) is 8.69. The molecule has 1 aromatic rings. The molecule has 0 N–H and O–H groups in total. The first kappa shape index (κ1) is 9.69. The molecule has 1 unspecified atom stereocenters. The molecule has 1 aliphatic carbocycles. The van der Waals surface area contributed by atoms with Crippen molar-refractivity contribution < 1.29 is 9.47 Å². The summed E-state index contributed by atoms with van der Waals surface area (Å²) in [5.41, 5.74) is 2.83. The molecule has 0 saturated heterocycles. The summed E-state index contributed by atoms with van der Waals surface area (Å²) in [5, 5.41) is 0. The van der Waals surface area contributed by atoms with Gasteiger partial charge in [-0.3, -0.25) is 0 Å². The van der Waals surface area contributed by atoms with Crippen LogP contribution in [0.1, 0.15) is 23.5 Å². The Bertz CT molecular complexity index is 305. The molecular formula is C12H16O2. The molecule has 0 radical (unpaired) electrons. The fourth-order valence-electron chi connectivity index (χ4n) is 2.30. The zero-order chi connectivity index (χ0) is 9.97. The van der Waals surface area contributed by atoms with Crippen LogP contribution < -0.4 is 0 Å². The van der Waals surface area contributed by atoms with Crippen LogP contribution in [0.2, 0.25) is 0 Å². The van der Waals surface area contributed by atoms with Crippen molar-refractivity contribution in [2.45, 2.75) is 25.0 Å². The van der Waals surface area contributed by atoms with E-state index in [1.54, 1.807) is 14.2 Å². The minimum absolute atomic E-state index is 0.0985. The molecular weight excluding hydrogens is 176 g/mol. The van der Waals surface area contributed by atoms with Gasteiger partial charge in [0, 0.05) is 20.1 Å². The van der Waals surface area contributed by atoms with E-state index in [1.165, 1.54) is 11.1 Å². The lowest BCUT2D eigenvalue weighted by Gasteiger charge is -2.21. The van der Waals surface area contributed by atoms with E-state index in [1.807, 2.05) is 0 Å². The molecule has 0 saturated carbocycles. The summed E-state index contributed by atoms with van der Waals surface area (Å²) in [5.74, 6) is 0.404. The van der Waals surface area contributed by atoms with Crippen molar-refractivity contribution in [2.75, 3.05) is 14.2 Å². The smallest absolute Gasteiger partial charge is 0.163 e. The molecule has 0 fully saturated rings. The monoisotopic (exact) mass is 192 g/mol. The Hall–Kier alpha value is -0.860. The van der Waals surface area contributed by atoms with Crippen LogP contribution in [-0.4, -0.2) is 20.5 Å². The highest BCUT2D eigenvalue weighted by molar-refractivity contribution is 5.35. The van der Waals surface area contributed by atoms with E-state index in [9.17, 15) is 0 Å². The first-order chi connectivity index (χ1) is 6.86. The lowest BCUT2D eigenvalue weighted by atomic mass is 10.0. The molecule has 0 aliphatic heterocycles. The summed E-state index contributed by atoms with van der Waals surface area (Å²) in [6.45, 7) is 0. The predicted molar refractivity (Wildman–Crippen MR) is 55.3 cm³/mol. The Morgan fingerprint density at radius 3 is 2.64 bits per heavy atom. The molecule has 2 heteroatoms. The standard InChI is InChI=1S/C12H16O2/c1-13-12(14-2)11-8-7-9-5-3-4-6-10(9)11/h3-6,11-12H,7-8H2,1-2H3. The van der Waals surface area contributed by atoms with Gasteiger partial charge < -0.3 is 9.47 Å². The quantitative estimate of drug-likeness (QED) is 0.684. The highest BCUT2D eigenvalue weighted by Gasteiger charge is 2.29. The van der Waals surface area contributed by atoms with E-state index in [2.05, 4.69) is 24.3 Å². The van der Waals surface area contributed by atoms with Crippen LogP contribution in [0.4, 0.5) is 0 Å². The van der Waals surface area contributed by atoms with Crippen LogP contribution in [0, 0.1) is 0 Å². The number of aryl methyl sites for hydroxylation is 1. The molecule has 14 heavy (non-hydrogen) atoms. The lowest BCUT2D eigenvalue weighted by Crippen LogP contribution is -2.21. The lowest BCUT2D eigenvalue weighted by molar-refractivity contribution is -0.117. The average molecular weight is 192 g/mol. The van der Waals surface area contributed by atoms with Gasteiger partial charge in [-0.25, -0.2) is 0 Å². The van der Waals surface area contributed by atoms with Crippen molar-refractivity contribution in [3.05, 3.63) is 35.4 Å². The van der Waals surface area contributed by atoms with E-state index in [-0.39, 0.29) is 6.29 Å². The summed E-state index contributed by atoms with van der Waals surface area (Å²) < 4.78 is 10.6. The Morgan fingerprint density at radius 2 is 1.93 bits per heavy atom. The third kappa shape index (κ3) is 1.56. The molecule has 0 amide bonds. The third-order valence-corrected chi connectivity index (χ3v) is 2.97. The summed E-state index contributed by atoms with van der Waals surface area (Å²) in [6.07, 6.45) is 2.18. The Morgan fingerprint density at radius 1 is 1.21 bits per heavy atom. The van der Waals surface area contributed by atoms with E-state index in [0.717, 1.165) is 12.8 Å². The van der Waals surface area contributed by atoms with Gasteiger partial charge in [0.05, 0.1) is 0 Å². The van der Waals surface area contributed by atoms with Crippen LogP contribution in [-0.2, 0) is 15.9 Å². The largest absolute Gasteiger partial charge is 0.355 e. The van der Waals surface area contributed by atoms with Crippen molar-refractivity contribution in [2.24, 2.45) is 0 Å². The fourth-order valence-corrected chi connectivity index (χ4v) is 2.30. The number of hydrogen-bond acceptors (Lipinski definition) is 2. The Balaban J connectivity index is 2.25. The van der Waals surface area contributed by atoms with Crippen molar-refractivity contribution in [1.82, 2.24) is 0 Å². The fraction of sp³-hybridized carbons (Fsp3) is 0.500. The molecule has 2 rings (SSSR count). The van der Waals surface area contributed by atoms with Crippen LogP contribution in [0.25, 0.3) is 0 Å². The van der Waals surface area contributed by atoms with Crippen molar-refractivity contribution in [1.29, 1.82) is 0 Å². The zero-order valence-corrected chi connectivity index (χ0v) is 8.69. The maximum Gasteiger partial charge on any atom is 0.163 e. The molecule has 0 aromatic heterocycles. The highest BCUT2D eigenvalue weighted by atomic mass is 16.7. The van der Waals surface area contributed by atoms with E-state index in [0.29, 0.717) is 5.92 Å². The number of rotatable bonds is 3. The Labute approximate surface area is 84.8 Å². The first-order valence-corrected chi connectivity index (χ1v) is 5.00. The predicted octanol–water partition coefficient (Wildman–Crippen LogP) is 2.34.